The molecule has 7 nitrogen and oxygen atoms in total. The number of ketones is 1. The summed E-state index contributed by atoms with van der Waals surface area (Å²) in [6.45, 7) is 1.62. The van der Waals surface area contributed by atoms with Crippen LogP contribution in [0.1, 0.15) is 27.0 Å². The number of Topliss-reactive ketones (excluding diaryl/α,β-unsaturated/α-hetero) is 1. The Morgan fingerprint density at radius 2 is 1.57 bits per heavy atom. The molecule has 40 heavy (non-hydrogen) atoms. The van der Waals surface area contributed by atoms with Gasteiger partial charge in [0.05, 0.1) is 28.0 Å². The normalized spacial score (nSPS) is 14.6. The van der Waals surface area contributed by atoms with Crippen LogP contribution < -0.4 is 15.5 Å². The van der Waals surface area contributed by atoms with Gasteiger partial charge >= 0.3 is 6.03 Å². The predicted molar refractivity (Wildman–Crippen MR) is 159 cm³/mol. The van der Waals surface area contributed by atoms with Crippen molar-refractivity contribution in [3.8, 4) is 0 Å². The van der Waals surface area contributed by atoms with E-state index in [1.165, 1.54) is 11.0 Å². The average Bonchev–Trinajstić information content (AvgIpc) is 3.06. The Balaban J connectivity index is 1.53. The van der Waals surface area contributed by atoms with Gasteiger partial charge in [-0.15, -0.1) is 0 Å². The second-order valence-corrected chi connectivity index (χ2v) is 9.97. The molecule has 4 aromatic rings. The molecule has 0 aliphatic carbocycles. The van der Waals surface area contributed by atoms with Gasteiger partial charge in [0.1, 0.15) is 0 Å². The third-order valence-electron chi connectivity index (χ3n) is 6.45. The minimum Gasteiger partial charge on any atom is -0.308 e. The van der Waals surface area contributed by atoms with E-state index in [1.54, 1.807) is 36.4 Å². The summed E-state index contributed by atoms with van der Waals surface area (Å²) in [6, 6.07) is 27.8. The first-order chi connectivity index (χ1) is 19.3. The Morgan fingerprint density at radius 1 is 0.875 bits per heavy atom. The minimum atomic E-state index is -1.32. The number of rotatable bonds is 6. The van der Waals surface area contributed by atoms with Crippen LogP contribution in [0.5, 0.6) is 0 Å². The zero-order valence-electron chi connectivity index (χ0n) is 21.4. The number of aliphatic imine (C=N–C) groups is 1. The maximum Gasteiger partial charge on any atom is 0.321 e. The summed E-state index contributed by atoms with van der Waals surface area (Å²) in [5.74, 6) is -0.784. The molecular formula is C31H24Cl2N4O3. The lowest BCUT2D eigenvalue weighted by atomic mass is 9.99. The van der Waals surface area contributed by atoms with Crippen LogP contribution in [0.4, 0.5) is 16.2 Å². The third kappa shape index (κ3) is 5.76. The lowest BCUT2D eigenvalue weighted by Crippen LogP contribution is -2.50. The molecule has 0 radical (unpaired) electrons. The monoisotopic (exact) mass is 570 g/mol. The molecule has 200 valence electrons. The van der Waals surface area contributed by atoms with E-state index in [0.29, 0.717) is 33.2 Å². The van der Waals surface area contributed by atoms with Crippen LogP contribution in [0.3, 0.4) is 0 Å². The summed E-state index contributed by atoms with van der Waals surface area (Å²) in [5.41, 5.74) is 4.15. The second-order valence-electron chi connectivity index (χ2n) is 9.15. The predicted octanol–water partition coefficient (Wildman–Crippen LogP) is 6.52. The van der Waals surface area contributed by atoms with Crippen molar-refractivity contribution < 1.29 is 14.4 Å². The minimum absolute atomic E-state index is 0.231. The van der Waals surface area contributed by atoms with Gasteiger partial charge in [-0.3, -0.25) is 9.59 Å². The zero-order valence-corrected chi connectivity index (χ0v) is 22.9. The van der Waals surface area contributed by atoms with Crippen LogP contribution >= 0.6 is 23.2 Å². The third-order valence-corrected chi connectivity index (χ3v) is 7.19. The molecule has 0 unspecified atom stereocenters. The largest absolute Gasteiger partial charge is 0.321 e. The van der Waals surface area contributed by atoms with Crippen LogP contribution in [-0.4, -0.2) is 36.1 Å². The van der Waals surface area contributed by atoms with Crippen LogP contribution in [0.15, 0.2) is 102 Å². The van der Waals surface area contributed by atoms with Crippen molar-refractivity contribution >= 4 is 58.0 Å². The van der Waals surface area contributed by atoms with Gasteiger partial charge < -0.3 is 15.5 Å². The smallest absolute Gasteiger partial charge is 0.308 e. The quantitative estimate of drug-likeness (QED) is 0.258. The molecule has 0 aromatic heterocycles. The van der Waals surface area contributed by atoms with Crippen molar-refractivity contribution in [3.05, 3.63) is 129 Å². The Labute approximate surface area is 241 Å². The molecule has 9 heteroatoms. The molecule has 0 saturated carbocycles. The number of benzodiazepines with no additional fused rings is 1. The number of fused-ring (bicyclic) bond motifs is 1. The number of carbonyl (C=O) groups is 3. The Morgan fingerprint density at radius 3 is 2.33 bits per heavy atom. The second kappa shape index (κ2) is 11.7. The summed E-state index contributed by atoms with van der Waals surface area (Å²) in [5, 5.41) is 5.94. The molecule has 3 amide bonds. The van der Waals surface area contributed by atoms with Crippen LogP contribution in [0, 0.1) is 6.92 Å². The highest BCUT2D eigenvalue weighted by Gasteiger charge is 2.34. The van der Waals surface area contributed by atoms with E-state index in [0.717, 1.165) is 11.1 Å². The molecule has 1 aliphatic rings. The molecule has 1 aliphatic heterocycles. The van der Waals surface area contributed by atoms with Crippen LogP contribution in [-0.2, 0) is 4.79 Å². The fourth-order valence-electron chi connectivity index (χ4n) is 4.49. The topological polar surface area (TPSA) is 90.9 Å². The van der Waals surface area contributed by atoms with Crippen molar-refractivity contribution in [1.82, 2.24) is 5.32 Å². The average molecular weight is 571 g/mol. The van der Waals surface area contributed by atoms with Crippen molar-refractivity contribution in [2.45, 2.75) is 13.1 Å². The first-order valence-corrected chi connectivity index (χ1v) is 13.2. The van der Waals surface area contributed by atoms with Gasteiger partial charge in [-0.2, -0.15) is 0 Å². The van der Waals surface area contributed by atoms with Crippen LogP contribution in [0.2, 0.25) is 10.0 Å². The number of halogens is 2. The maximum atomic E-state index is 14.0. The lowest BCUT2D eigenvalue weighted by molar-refractivity contribution is -0.120. The molecular weight excluding hydrogens is 547 g/mol. The molecule has 4 aromatic carbocycles. The number of para-hydroxylation sites is 1. The summed E-state index contributed by atoms with van der Waals surface area (Å²) >= 11 is 12.1. The number of nitrogens with zero attached hydrogens (tertiary/aromatic N) is 2. The van der Waals surface area contributed by atoms with Crippen molar-refractivity contribution in [1.29, 1.82) is 0 Å². The van der Waals surface area contributed by atoms with E-state index in [-0.39, 0.29) is 17.4 Å². The SMILES string of the molecule is Cc1ccccc1C(=O)CN1C(=O)[C@@H](NC(=O)Nc2ccc(Cl)c(Cl)c2)N=C(c2ccccc2)c2ccccc21. The fraction of sp³-hybridized carbons (Fsp3) is 0.0968. The fourth-order valence-corrected chi connectivity index (χ4v) is 4.79. The molecule has 2 N–H and O–H groups in total. The summed E-state index contributed by atoms with van der Waals surface area (Å²) in [7, 11) is 0. The summed E-state index contributed by atoms with van der Waals surface area (Å²) in [4.78, 5) is 46.6. The van der Waals surface area contributed by atoms with Crippen molar-refractivity contribution in [3.63, 3.8) is 0 Å². The van der Waals surface area contributed by atoms with E-state index in [9.17, 15) is 14.4 Å². The number of benzene rings is 4. The zero-order chi connectivity index (χ0) is 28.2. The van der Waals surface area contributed by atoms with Gasteiger partial charge in [0, 0.05) is 22.4 Å². The van der Waals surface area contributed by atoms with E-state index in [1.807, 2.05) is 61.5 Å². The molecule has 0 saturated heterocycles. The number of aryl methyl sites for hydroxylation is 1. The molecule has 0 bridgehead atoms. The van der Waals surface area contributed by atoms with Gasteiger partial charge in [-0.25, -0.2) is 9.79 Å². The van der Waals surface area contributed by atoms with Gasteiger partial charge in [0.2, 0.25) is 6.17 Å². The van der Waals surface area contributed by atoms with Gasteiger partial charge in [-0.05, 0) is 36.8 Å². The number of hydrogen-bond acceptors (Lipinski definition) is 4. The number of carbonyl (C=O) groups excluding carboxylic acids is 3. The maximum absolute atomic E-state index is 14.0. The highest BCUT2D eigenvalue weighted by Crippen LogP contribution is 2.29. The number of nitrogens with one attached hydrogen (secondary N) is 2. The molecule has 0 spiro atoms. The molecule has 1 atom stereocenters. The summed E-state index contributed by atoms with van der Waals surface area (Å²) in [6.07, 6.45) is -1.32. The number of anilines is 2. The Bertz CT molecular complexity index is 1640. The molecule has 5 rings (SSSR count). The first-order valence-electron chi connectivity index (χ1n) is 12.5. The van der Waals surface area contributed by atoms with E-state index < -0.39 is 18.1 Å². The van der Waals surface area contributed by atoms with E-state index in [4.69, 9.17) is 28.2 Å². The van der Waals surface area contributed by atoms with Crippen molar-refractivity contribution in [2.75, 3.05) is 16.8 Å². The van der Waals surface area contributed by atoms with Crippen LogP contribution in [0.25, 0.3) is 0 Å². The van der Waals surface area contributed by atoms with Gasteiger partial charge in [0.15, 0.2) is 5.78 Å². The molecule has 1 heterocycles. The number of amides is 3. The first kappa shape index (κ1) is 27.1. The summed E-state index contributed by atoms with van der Waals surface area (Å²) < 4.78 is 0. The van der Waals surface area contributed by atoms with E-state index in [2.05, 4.69) is 10.6 Å². The van der Waals surface area contributed by atoms with Gasteiger partial charge in [-0.1, -0.05) is 96.0 Å². The molecule has 0 fully saturated rings. The Hall–Kier alpha value is -4.46. The number of urea groups is 1. The van der Waals surface area contributed by atoms with E-state index >= 15 is 0 Å². The standard InChI is InChI=1S/C31H24Cl2N4O3/c1-19-9-5-6-12-22(19)27(38)18-37-26-14-8-7-13-23(26)28(20-10-3-2-4-11-20)35-29(30(37)39)36-31(40)34-21-15-16-24(32)25(33)17-21/h2-17,29H,18H2,1H3,(H2,34,36,40)/t29-/m1/s1. The highest BCUT2D eigenvalue weighted by molar-refractivity contribution is 6.42. The highest BCUT2D eigenvalue weighted by atomic mass is 35.5. The van der Waals surface area contributed by atoms with Crippen molar-refractivity contribution in [2.24, 2.45) is 4.99 Å². The lowest BCUT2D eigenvalue weighted by Gasteiger charge is -2.25. The Kier molecular flexibility index (Phi) is 7.96. The van der Waals surface area contributed by atoms with Gasteiger partial charge in [0.25, 0.3) is 5.91 Å². The number of hydrogen-bond donors (Lipinski definition) is 2.